The number of ether oxygens (including phenoxy) is 1. The number of hydrogen-bond donors (Lipinski definition) is 1. The second kappa shape index (κ2) is 4.56. The van der Waals surface area contributed by atoms with Gasteiger partial charge in [0.25, 0.3) is 5.56 Å². The summed E-state index contributed by atoms with van der Waals surface area (Å²) in [5.74, 6) is 0.0318. The maximum absolute atomic E-state index is 11.9. The van der Waals surface area contributed by atoms with Crippen molar-refractivity contribution in [2.45, 2.75) is 39.5 Å². The third-order valence-corrected chi connectivity index (χ3v) is 2.65. The predicted molar refractivity (Wildman–Crippen MR) is 66.8 cm³/mol. The van der Waals surface area contributed by atoms with E-state index in [-0.39, 0.29) is 18.0 Å². The first-order valence-electron chi connectivity index (χ1n) is 6.04. The number of aromatic nitrogens is 2. The van der Waals surface area contributed by atoms with Gasteiger partial charge < -0.3 is 9.84 Å². The molecular formula is C12H17N3O4. The van der Waals surface area contributed by atoms with Crippen LogP contribution in [0.3, 0.4) is 0 Å². The number of rotatable bonds is 0. The van der Waals surface area contributed by atoms with E-state index in [4.69, 9.17) is 4.74 Å². The molecule has 7 heteroatoms. The van der Waals surface area contributed by atoms with E-state index >= 15 is 0 Å². The van der Waals surface area contributed by atoms with Gasteiger partial charge in [-0.05, 0) is 20.8 Å². The summed E-state index contributed by atoms with van der Waals surface area (Å²) in [4.78, 5) is 28.9. The second-order valence-corrected chi connectivity index (χ2v) is 5.42. The molecule has 0 radical (unpaired) electrons. The lowest BCUT2D eigenvalue weighted by Crippen LogP contribution is -2.44. The minimum atomic E-state index is -0.569. The summed E-state index contributed by atoms with van der Waals surface area (Å²) in [6.07, 6.45) is -0.448. The van der Waals surface area contributed by atoms with Crippen molar-refractivity contribution in [3.63, 3.8) is 0 Å². The first-order valence-corrected chi connectivity index (χ1v) is 6.04. The highest BCUT2D eigenvalue weighted by atomic mass is 16.6. The van der Waals surface area contributed by atoms with E-state index in [1.165, 1.54) is 9.47 Å². The third-order valence-electron chi connectivity index (χ3n) is 2.65. The minimum absolute atomic E-state index is 0.151. The van der Waals surface area contributed by atoms with Crippen molar-refractivity contribution in [1.29, 1.82) is 0 Å². The Hall–Kier alpha value is -2.05. The second-order valence-electron chi connectivity index (χ2n) is 5.42. The van der Waals surface area contributed by atoms with E-state index in [0.717, 1.165) is 6.07 Å². The van der Waals surface area contributed by atoms with E-state index in [2.05, 4.69) is 4.98 Å². The summed E-state index contributed by atoms with van der Waals surface area (Å²) in [5, 5.41) is 9.32. The van der Waals surface area contributed by atoms with Crippen molar-refractivity contribution in [2.24, 2.45) is 0 Å². The summed E-state index contributed by atoms with van der Waals surface area (Å²) >= 11 is 0. The summed E-state index contributed by atoms with van der Waals surface area (Å²) in [7, 11) is 0. The number of carbonyl (C=O) groups is 1. The predicted octanol–water partition coefficient (Wildman–Crippen LogP) is 0.700. The van der Waals surface area contributed by atoms with Crippen LogP contribution in [0.25, 0.3) is 0 Å². The van der Waals surface area contributed by atoms with Gasteiger partial charge in [-0.3, -0.25) is 14.3 Å². The molecule has 0 unspecified atom stereocenters. The Morgan fingerprint density at radius 2 is 2.11 bits per heavy atom. The molecule has 0 saturated heterocycles. The van der Waals surface area contributed by atoms with Crippen molar-refractivity contribution in [2.75, 3.05) is 6.54 Å². The van der Waals surface area contributed by atoms with Crippen molar-refractivity contribution in [1.82, 2.24) is 14.5 Å². The largest absolute Gasteiger partial charge is 0.493 e. The topological polar surface area (TPSA) is 84.7 Å². The van der Waals surface area contributed by atoms with E-state index in [1.807, 2.05) is 0 Å². The van der Waals surface area contributed by atoms with E-state index in [9.17, 15) is 14.7 Å². The van der Waals surface area contributed by atoms with Crippen molar-refractivity contribution < 1.29 is 14.6 Å². The molecule has 1 aromatic heterocycles. The lowest BCUT2D eigenvalue weighted by molar-refractivity contribution is 0.0191. The van der Waals surface area contributed by atoms with Gasteiger partial charge in [-0.25, -0.2) is 4.79 Å². The molecule has 19 heavy (non-hydrogen) atoms. The van der Waals surface area contributed by atoms with E-state index < -0.39 is 11.7 Å². The highest BCUT2D eigenvalue weighted by Gasteiger charge is 2.26. The summed E-state index contributed by atoms with van der Waals surface area (Å²) in [6, 6.07) is 1.06. The number of aromatic hydroxyl groups is 1. The van der Waals surface area contributed by atoms with E-state index in [0.29, 0.717) is 18.9 Å². The molecule has 2 rings (SSSR count). The lowest BCUT2D eigenvalue weighted by atomic mass is 10.2. The van der Waals surface area contributed by atoms with Crippen LogP contribution < -0.4 is 5.56 Å². The van der Waals surface area contributed by atoms with Crippen LogP contribution in [0.15, 0.2) is 10.9 Å². The Kier molecular flexibility index (Phi) is 3.21. The fourth-order valence-corrected chi connectivity index (χ4v) is 1.85. The van der Waals surface area contributed by atoms with Crippen LogP contribution in [0.2, 0.25) is 0 Å². The fourth-order valence-electron chi connectivity index (χ4n) is 1.85. The van der Waals surface area contributed by atoms with Crippen molar-refractivity contribution >= 4 is 6.09 Å². The first-order chi connectivity index (χ1) is 8.76. The maximum Gasteiger partial charge on any atom is 0.410 e. The highest BCUT2D eigenvalue weighted by molar-refractivity contribution is 5.68. The molecule has 7 nitrogen and oxygen atoms in total. The van der Waals surface area contributed by atoms with Gasteiger partial charge in [-0.15, -0.1) is 0 Å². The fraction of sp³-hybridized carbons (Fsp3) is 0.583. The average Bonchev–Trinajstić information content (AvgIpc) is 2.25. The molecule has 104 valence electrons. The lowest BCUT2D eigenvalue weighted by Gasteiger charge is -2.31. The van der Waals surface area contributed by atoms with Crippen molar-refractivity contribution in [3.8, 4) is 5.88 Å². The average molecular weight is 267 g/mol. The molecule has 0 spiro atoms. The number of carbonyl (C=O) groups excluding carboxylic acids is 1. The van der Waals surface area contributed by atoms with Crippen LogP contribution in [0.1, 0.15) is 26.6 Å². The van der Waals surface area contributed by atoms with Gasteiger partial charge in [0.05, 0.1) is 12.6 Å². The molecule has 1 aromatic rings. The van der Waals surface area contributed by atoms with Crippen LogP contribution >= 0.6 is 0 Å². The standard InChI is InChI=1S/C12H17N3O4/c1-12(2,3)19-11(18)14-4-5-15-8(7-14)13-9(16)6-10(15)17/h6,16H,4-5,7H2,1-3H3. The molecule has 0 aliphatic carbocycles. The molecule has 1 amide bonds. The van der Waals surface area contributed by atoms with Gasteiger partial charge in [0.2, 0.25) is 5.88 Å². The number of amides is 1. The zero-order valence-electron chi connectivity index (χ0n) is 11.2. The Morgan fingerprint density at radius 3 is 2.74 bits per heavy atom. The van der Waals surface area contributed by atoms with E-state index in [1.54, 1.807) is 20.8 Å². The molecule has 0 aromatic carbocycles. The zero-order valence-corrected chi connectivity index (χ0v) is 11.2. The molecule has 0 saturated carbocycles. The third kappa shape index (κ3) is 3.04. The van der Waals surface area contributed by atoms with Gasteiger partial charge in [-0.1, -0.05) is 0 Å². The molecule has 2 heterocycles. The molecule has 1 aliphatic rings. The van der Waals surface area contributed by atoms with Crippen LogP contribution in [0.4, 0.5) is 4.79 Å². The molecule has 0 fully saturated rings. The Labute approximate surface area is 110 Å². The Morgan fingerprint density at radius 1 is 1.42 bits per heavy atom. The van der Waals surface area contributed by atoms with Crippen LogP contribution in [0, 0.1) is 0 Å². The molecule has 1 N–H and O–H groups in total. The molecular weight excluding hydrogens is 250 g/mol. The summed E-state index contributed by atoms with van der Waals surface area (Å²) in [6.45, 7) is 6.25. The normalized spacial score (nSPS) is 15.0. The highest BCUT2D eigenvalue weighted by Crippen LogP contribution is 2.15. The molecule has 0 atom stereocenters. The Bertz CT molecular complexity index is 559. The van der Waals surface area contributed by atoms with Crippen LogP contribution in [-0.2, 0) is 17.8 Å². The maximum atomic E-state index is 11.9. The summed E-state index contributed by atoms with van der Waals surface area (Å²) in [5.41, 5.74) is -0.883. The van der Waals surface area contributed by atoms with Crippen LogP contribution in [-0.4, -0.2) is 37.8 Å². The minimum Gasteiger partial charge on any atom is -0.493 e. The van der Waals surface area contributed by atoms with Gasteiger partial charge >= 0.3 is 6.09 Å². The van der Waals surface area contributed by atoms with Crippen LogP contribution in [0.5, 0.6) is 5.88 Å². The monoisotopic (exact) mass is 267 g/mol. The number of fused-ring (bicyclic) bond motifs is 1. The van der Waals surface area contributed by atoms with Gasteiger partial charge in [0, 0.05) is 13.1 Å². The molecule has 1 aliphatic heterocycles. The quantitative estimate of drug-likeness (QED) is 0.748. The van der Waals surface area contributed by atoms with Gasteiger partial charge in [-0.2, -0.15) is 4.98 Å². The van der Waals surface area contributed by atoms with Gasteiger partial charge in [0.15, 0.2) is 0 Å². The SMILES string of the molecule is CC(C)(C)OC(=O)N1CCn2c(nc(O)cc2=O)C1. The number of nitrogens with zero attached hydrogens (tertiary/aromatic N) is 3. The zero-order chi connectivity index (χ0) is 14.2. The van der Waals surface area contributed by atoms with Crippen molar-refractivity contribution in [3.05, 3.63) is 22.2 Å². The van der Waals surface area contributed by atoms with Gasteiger partial charge in [0.1, 0.15) is 11.4 Å². The Balaban J connectivity index is 2.18. The number of hydrogen-bond acceptors (Lipinski definition) is 5. The summed E-state index contributed by atoms with van der Waals surface area (Å²) < 4.78 is 6.71. The smallest absolute Gasteiger partial charge is 0.410 e. The molecule has 0 bridgehead atoms. The first kappa shape index (κ1) is 13.4.